The van der Waals surface area contributed by atoms with E-state index < -0.39 is 11.7 Å². The van der Waals surface area contributed by atoms with Crippen molar-refractivity contribution < 1.29 is 19.4 Å². The number of phenols is 2. The molecule has 1 amide bonds. The molecule has 0 bridgehead atoms. The fourth-order valence-electron chi connectivity index (χ4n) is 1.72. The number of nitrogens with zero attached hydrogens (tertiary/aromatic N) is 1. The maximum atomic E-state index is 13.0. The molecular weight excluding hydrogens is 275 g/mol. The topological polar surface area (TPSA) is 81.9 Å². The zero-order chi connectivity index (χ0) is 15.4. The zero-order valence-corrected chi connectivity index (χ0v) is 11.2. The molecule has 0 fully saturated rings. The lowest BCUT2D eigenvalue weighted by molar-refractivity contribution is 0.0954. The van der Waals surface area contributed by atoms with Gasteiger partial charge in [-0.1, -0.05) is 6.07 Å². The van der Waals surface area contributed by atoms with Crippen molar-refractivity contribution in [1.29, 1.82) is 0 Å². The highest BCUT2D eigenvalue weighted by Gasteiger charge is 2.08. The molecule has 0 unspecified atom stereocenters. The Balaban J connectivity index is 2.15. The Labute approximate surface area is 120 Å². The van der Waals surface area contributed by atoms with Crippen LogP contribution in [-0.2, 0) is 0 Å². The van der Waals surface area contributed by atoms with Crippen molar-refractivity contribution in [3.05, 3.63) is 59.4 Å². The van der Waals surface area contributed by atoms with Crippen LogP contribution >= 0.6 is 0 Å². The maximum absolute atomic E-state index is 13.0. The van der Waals surface area contributed by atoms with Crippen LogP contribution in [-0.4, -0.2) is 21.8 Å². The van der Waals surface area contributed by atoms with E-state index in [2.05, 4.69) is 10.5 Å². The van der Waals surface area contributed by atoms with Gasteiger partial charge in [0, 0.05) is 17.2 Å². The van der Waals surface area contributed by atoms with E-state index in [0.717, 1.165) is 6.07 Å². The molecule has 2 aromatic carbocycles. The minimum absolute atomic E-state index is 0.0761. The van der Waals surface area contributed by atoms with Crippen LogP contribution in [0.25, 0.3) is 0 Å². The van der Waals surface area contributed by atoms with Crippen LogP contribution in [0.1, 0.15) is 22.8 Å². The number of amides is 1. The van der Waals surface area contributed by atoms with Gasteiger partial charge in [0.1, 0.15) is 17.3 Å². The van der Waals surface area contributed by atoms with E-state index in [1.807, 2.05) is 0 Å². The molecule has 0 aliphatic rings. The third kappa shape index (κ3) is 3.56. The molecule has 0 aliphatic carbocycles. The number of halogens is 1. The van der Waals surface area contributed by atoms with Crippen molar-refractivity contribution in [1.82, 2.24) is 5.43 Å². The summed E-state index contributed by atoms with van der Waals surface area (Å²) in [6, 6.07) is 9.25. The summed E-state index contributed by atoms with van der Waals surface area (Å²) in [5.74, 6) is -1.31. The van der Waals surface area contributed by atoms with Gasteiger partial charge in [-0.15, -0.1) is 0 Å². The Bertz CT molecular complexity index is 714. The number of nitrogens with one attached hydrogen (secondary N) is 1. The first-order chi connectivity index (χ1) is 9.97. The summed E-state index contributed by atoms with van der Waals surface area (Å²) in [5.41, 5.74) is 3.13. The first-order valence-electron chi connectivity index (χ1n) is 6.10. The van der Waals surface area contributed by atoms with Crippen LogP contribution in [0.5, 0.6) is 11.5 Å². The summed E-state index contributed by atoms with van der Waals surface area (Å²) in [5, 5.41) is 22.7. The van der Waals surface area contributed by atoms with Gasteiger partial charge < -0.3 is 10.2 Å². The smallest absolute Gasteiger partial charge is 0.271 e. The third-order valence-electron chi connectivity index (χ3n) is 2.78. The fraction of sp³-hybridized carbons (Fsp3) is 0.0667. The minimum atomic E-state index is -0.563. The van der Waals surface area contributed by atoms with Gasteiger partial charge in [-0.3, -0.25) is 4.79 Å². The lowest BCUT2D eigenvalue weighted by atomic mass is 10.1. The summed E-state index contributed by atoms with van der Waals surface area (Å²) in [7, 11) is 0. The number of hydrazone groups is 1. The molecule has 0 spiro atoms. The van der Waals surface area contributed by atoms with Gasteiger partial charge in [0.05, 0.1) is 5.71 Å². The van der Waals surface area contributed by atoms with Crippen molar-refractivity contribution in [3.8, 4) is 11.5 Å². The Morgan fingerprint density at radius 3 is 2.62 bits per heavy atom. The summed E-state index contributed by atoms with van der Waals surface area (Å²) in [4.78, 5) is 11.8. The van der Waals surface area contributed by atoms with Gasteiger partial charge in [-0.05, 0) is 37.3 Å². The lowest BCUT2D eigenvalue weighted by Crippen LogP contribution is -2.19. The average molecular weight is 288 g/mol. The molecule has 2 aromatic rings. The highest BCUT2D eigenvalue weighted by Crippen LogP contribution is 2.22. The molecule has 2 rings (SSSR count). The number of aromatic hydroxyl groups is 2. The molecule has 5 nitrogen and oxygen atoms in total. The Morgan fingerprint density at radius 2 is 1.95 bits per heavy atom. The van der Waals surface area contributed by atoms with Crippen molar-refractivity contribution in [2.24, 2.45) is 5.10 Å². The van der Waals surface area contributed by atoms with Crippen LogP contribution in [0, 0.1) is 5.82 Å². The highest BCUT2D eigenvalue weighted by molar-refractivity contribution is 6.02. The average Bonchev–Trinajstić information content (AvgIpc) is 2.44. The van der Waals surface area contributed by atoms with Gasteiger partial charge >= 0.3 is 0 Å². The van der Waals surface area contributed by atoms with E-state index in [-0.39, 0.29) is 17.1 Å². The van der Waals surface area contributed by atoms with Crippen LogP contribution < -0.4 is 5.43 Å². The van der Waals surface area contributed by atoms with Crippen LogP contribution in [0.15, 0.2) is 47.6 Å². The summed E-state index contributed by atoms with van der Waals surface area (Å²) >= 11 is 0. The van der Waals surface area contributed by atoms with Crippen molar-refractivity contribution in [2.45, 2.75) is 6.92 Å². The quantitative estimate of drug-likeness (QED) is 0.599. The molecule has 0 heterocycles. The predicted octanol–water partition coefficient (Wildman–Crippen LogP) is 2.39. The standard InChI is InChI=1S/C15H13FN2O3/c1-9(13-6-5-12(19)8-14(13)20)17-18-15(21)10-3-2-4-11(16)7-10/h2-8,19-20H,1H3,(H,18,21). The van der Waals surface area contributed by atoms with Gasteiger partial charge in [-0.2, -0.15) is 5.10 Å². The molecule has 3 N–H and O–H groups in total. The van der Waals surface area contributed by atoms with E-state index in [0.29, 0.717) is 11.3 Å². The second-order valence-corrected chi connectivity index (χ2v) is 4.35. The first kappa shape index (κ1) is 14.5. The van der Waals surface area contributed by atoms with E-state index >= 15 is 0 Å². The molecule has 0 saturated heterocycles. The first-order valence-corrected chi connectivity index (χ1v) is 6.10. The largest absolute Gasteiger partial charge is 0.508 e. The molecule has 6 heteroatoms. The van der Waals surface area contributed by atoms with Gasteiger partial charge in [0.25, 0.3) is 5.91 Å². The maximum Gasteiger partial charge on any atom is 0.271 e. The molecule has 0 radical (unpaired) electrons. The van der Waals surface area contributed by atoms with E-state index in [4.69, 9.17) is 0 Å². The Hall–Kier alpha value is -2.89. The molecule has 0 aromatic heterocycles. The Morgan fingerprint density at radius 1 is 1.19 bits per heavy atom. The van der Waals surface area contributed by atoms with Crippen LogP contribution in [0.3, 0.4) is 0 Å². The van der Waals surface area contributed by atoms with Gasteiger partial charge in [0.15, 0.2) is 0 Å². The lowest BCUT2D eigenvalue weighted by Gasteiger charge is -2.05. The minimum Gasteiger partial charge on any atom is -0.508 e. The molecule has 0 saturated carbocycles. The zero-order valence-electron chi connectivity index (χ0n) is 11.2. The molecule has 0 aliphatic heterocycles. The normalized spacial score (nSPS) is 11.2. The summed E-state index contributed by atoms with van der Waals surface area (Å²) in [6.07, 6.45) is 0. The fourth-order valence-corrected chi connectivity index (χ4v) is 1.72. The summed E-state index contributed by atoms with van der Waals surface area (Å²) < 4.78 is 13.0. The monoisotopic (exact) mass is 288 g/mol. The van der Waals surface area contributed by atoms with Gasteiger partial charge in [-0.25, -0.2) is 9.82 Å². The number of carbonyl (C=O) groups is 1. The van der Waals surface area contributed by atoms with E-state index in [1.165, 1.54) is 36.4 Å². The molecule has 21 heavy (non-hydrogen) atoms. The SMILES string of the molecule is CC(=NNC(=O)c1cccc(F)c1)c1ccc(O)cc1O. The number of benzene rings is 2. The summed E-state index contributed by atoms with van der Waals surface area (Å²) in [6.45, 7) is 1.58. The predicted molar refractivity (Wildman–Crippen MR) is 75.8 cm³/mol. The highest BCUT2D eigenvalue weighted by atomic mass is 19.1. The Kier molecular flexibility index (Phi) is 4.18. The van der Waals surface area contributed by atoms with Gasteiger partial charge in [0.2, 0.25) is 0 Å². The second kappa shape index (κ2) is 6.04. The third-order valence-corrected chi connectivity index (χ3v) is 2.78. The van der Waals surface area contributed by atoms with Crippen LogP contribution in [0.4, 0.5) is 4.39 Å². The molecule has 0 atom stereocenters. The van der Waals surface area contributed by atoms with E-state index in [9.17, 15) is 19.4 Å². The molecule has 108 valence electrons. The molecular formula is C15H13FN2O3. The van der Waals surface area contributed by atoms with Crippen molar-refractivity contribution >= 4 is 11.6 Å². The number of rotatable bonds is 3. The number of carbonyl (C=O) groups excluding carboxylic acids is 1. The van der Waals surface area contributed by atoms with Crippen molar-refractivity contribution in [2.75, 3.05) is 0 Å². The van der Waals surface area contributed by atoms with Crippen LogP contribution in [0.2, 0.25) is 0 Å². The van der Waals surface area contributed by atoms with Crippen molar-refractivity contribution in [3.63, 3.8) is 0 Å². The number of hydrogen-bond acceptors (Lipinski definition) is 4. The second-order valence-electron chi connectivity index (χ2n) is 4.35. The number of hydrogen-bond donors (Lipinski definition) is 3. The van der Waals surface area contributed by atoms with E-state index in [1.54, 1.807) is 6.92 Å². The number of phenolic OH excluding ortho intramolecular Hbond substituents is 2.